The van der Waals surface area contributed by atoms with E-state index in [0.29, 0.717) is 10.6 Å². The molecule has 1 aromatic heterocycles. The summed E-state index contributed by atoms with van der Waals surface area (Å²) in [5.74, 6) is -0.673. The number of aromatic amines is 1. The molecule has 11 heteroatoms. The van der Waals surface area contributed by atoms with E-state index < -0.39 is 21.7 Å². The van der Waals surface area contributed by atoms with Crippen LogP contribution < -0.4 is 10.0 Å². The number of hydrogen-bond donors (Lipinski definition) is 3. The van der Waals surface area contributed by atoms with Gasteiger partial charge in [-0.15, -0.1) is 0 Å². The third-order valence-corrected chi connectivity index (χ3v) is 5.63. The quantitative estimate of drug-likeness (QED) is 0.530. The molecule has 28 heavy (non-hydrogen) atoms. The summed E-state index contributed by atoms with van der Waals surface area (Å²) in [6.45, 7) is 0.104. The number of aromatic nitrogens is 3. The van der Waals surface area contributed by atoms with Crippen molar-refractivity contribution in [3.63, 3.8) is 0 Å². The van der Waals surface area contributed by atoms with Gasteiger partial charge in [-0.25, -0.2) is 12.8 Å². The van der Waals surface area contributed by atoms with E-state index in [9.17, 15) is 17.6 Å². The molecule has 2 aromatic carbocycles. The fraction of sp³-hybridized carbons (Fsp3) is 0.118. The summed E-state index contributed by atoms with van der Waals surface area (Å²) in [7, 11) is -2.36. The molecule has 0 aliphatic rings. The average molecular weight is 421 g/mol. The van der Waals surface area contributed by atoms with Gasteiger partial charge in [-0.1, -0.05) is 18.2 Å². The number of halogens is 1. The number of sulfonamides is 1. The Labute approximate surface area is 165 Å². The van der Waals surface area contributed by atoms with Crippen LogP contribution in [0.2, 0.25) is 0 Å². The van der Waals surface area contributed by atoms with Crippen molar-refractivity contribution in [2.24, 2.45) is 7.05 Å². The number of nitrogens with zero attached hydrogens (tertiary/aromatic N) is 2. The fourth-order valence-corrected chi connectivity index (χ4v) is 3.61. The van der Waals surface area contributed by atoms with Crippen LogP contribution in [0, 0.1) is 10.6 Å². The predicted octanol–water partition coefficient (Wildman–Crippen LogP) is 2.35. The van der Waals surface area contributed by atoms with Crippen molar-refractivity contribution in [3.05, 3.63) is 70.5 Å². The number of carbonyl (C=O) groups is 1. The molecule has 0 saturated carbocycles. The topological polar surface area (TPSA) is 109 Å². The smallest absolute Gasteiger partial charge is 0.262 e. The molecule has 0 bridgehead atoms. The van der Waals surface area contributed by atoms with Crippen molar-refractivity contribution < 1.29 is 17.6 Å². The summed E-state index contributed by atoms with van der Waals surface area (Å²) < 4.78 is 43.0. The van der Waals surface area contributed by atoms with Gasteiger partial charge in [0.15, 0.2) is 10.6 Å². The lowest BCUT2D eigenvalue weighted by atomic mass is 10.2. The Morgan fingerprint density at radius 1 is 1.25 bits per heavy atom. The number of nitrogens with one attached hydrogen (secondary N) is 3. The van der Waals surface area contributed by atoms with Gasteiger partial charge < -0.3 is 9.88 Å². The van der Waals surface area contributed by atoms with Crippen molar-refractivity contribution in [2.75, 3.05) is 4.72 Å². The molecule has 0 atom stereocenters. The molecular weight excluding hydrogens is 405 g/mol. The van der Waals surface area contributed by atoms with Crippen LogP contribution in [-0.2, 0) is 23.6 Å². The van der Waals surface area contributed by atoms with E-state index in [0.717, 1.165) is 6.07 Å². The molecule has 1 heterocycles. The number of rotatable bonds is 6. The van der Waals surface area contributed by atoms with Gasteiger partial charge in [-0.05, 0) is 42.5 Å². The number of carbonyl (C=O) groups excluding carboxylic acids is 1. The maximum Gasteiger partial charge on any atom is 0.262 e. The number of amides is 1. The van der Waals surface area contributed by atoms with E-state index in [1.54, 1.807) is 11.6 Å². The normalized spacial score (nSPS) is 11.2. The van der Waals surface area contributed by atoms with Crippen LogP contribution in [0.25, 0.3) is 0 Å². The van der Waals surface area contributed by atoms with Crippen LogP contribution in [0.4, 0.5) is 10.1 Å². The van der Waals surface area contributed by atoms with Crippen molar-refractivity contribution in [1.29, 1.82) is 0 Å². The van der Waals surface area contributed by atoms with E-state index in [-0.39, 0.29) is 22.7 Å². The van der Waals surface area contributed by atoms with Gasteiger partial charge in [0.25, 0.3) is 15.9 Å². The second kappa shape index (κ2) is 7.90. The number of hydrogen-bond acceptors (Lipinski definition) is 5. The third kappa shape index (κ3) is 4.26. The van der Waals surface area contributed by atoms with Crippen LogP contribution in [0.5, 0.6) is 0 Å². The minimum absolute atomic E-state index is 0.104. The number of H-pyrrole nitrogens is 1. The predicted molar refractivity (Wildman–Crippen MR) is 103 cm³/mol. The van der Waals surface area contributed by atoms with Crippen molar-refractivity contribution in [1.82, 2.24) is 20.1 Å². The first-order valence-corrected chi connectivity index (χ1v) is 9.93. The summed E-state index contributed by atoms with van der Waals surface area (Å²) in [6.07, 6.45) is 0. The maximum atomic E-state index is 13.7. The molecule has 0 unspecified atom stereocenters. The van der Waals surface area contributed by atoms with Crippen LogP contribution in [0.15, 0.2) is 53.4 Å². The highest BCUT2D eigenvalue weighted by molar-refractivity contribution is 7.92. The summed E-state index contributed by atoms with van der Waals surface area (Å²) in [5, 5.41) is 9.23. The zero-order valence-electron chi connectivity index (χ0n) is 14.6. The molecule has 3 rings (SSSR count). The van der Waals surface area contributed by atoms with Gasteiger partial charge in [0, 0.05) is 12.6 Å². The van der Waals surface area contributed by atoms with Crippen LogP contribution in [0.1, 0.15) is 16.2 Å². The Morgan fingerprint density at radius 2 is 2.00 bits per heavy atom. The highest BCUT2D eigenvalue weighted by Gasteiger charge is 2.18. The largest absolute Gasteiger partial charge is 0.345 e. The minimum Gasteiger partial charge on any atom is -0.345 e. The van der Waals surface area contributed by atoms with Crippen LogP contribution in [-0.4, -0.2) is 29.1 Å². The molecule has 0 aliphatic carbocycles. The molecule has 3 N–H and O–H groups in total. The molecule has 1 amide bonds. The standard InChI is InChI=1S/C17H16FN5O3S2/c1-23-15(20-21-17(23)27)10-19-16(24)11-5-4-6-12(9-11)28(25,26)22-14-8-3-2-7-13(14)18/h2-9,22H,10H2,1H3,(H,19,24)(H,21,27). The Hall–Kier alpha value is -3.05. The van der Waals surface area contributed by atoms with Crippen molar-refractivity contribution in [2.45, 2.75) is 11.4 Å². The molecule has 0 aliphatic heterocycles. The lowest BCUT2D eigenvalue weighted by Crippen LogP contribution is -2.25. The Morgan fingerprint density at radius 3 is 2.68 bits per heavy atom. The highest BCUT2D eigenvalue weighted by Crippen LogP contribution is 2.19. The van der Waals surface area contributed by atoms with E-state index in [1.165, 1.54) is 42.5 Å². The van der Waals surface area contributed by atoms with Crippen LogP contribution in [0.3, 0.4) is 0 Å². The number of anilines is 1. The first-order valence-electron chi connectivity index (χ1n) is 8.04. The van der Waals surface area contributed by atoms with Gasteiger partial charge in [0.1, 0.15) is 5.82 Å². The van der Waals surface area contributed by atoms with Gasteiger partial charge in [-0.2, -0.15) is 5.10 Å². The van der Waals surface area contributed by atoms with Gasteiger partial charge in [-0.3, -0.25) is 14.6 Å². The molecule has 0 radical (unpaired) electrons. The molecule has 0 spiro atoms. The third-order valence-electron chi connectivity index (χ3n) is 3.90. The van der Waals surface area contributed by atoms with E-state index in [1.807, 2.05) is 0 Å². The summed E-state index contributed by atoms with van der Waals surface area (Å²) in [6, 6.07) is 10.8. The maximum absolute atomic E-state index is 13.7. The molecule has 146 valence electrons. The number of benzene rings is 2. The van der Waals surface area contributed by atoms with Gasteiger partial charge in [0.2, 0.25) is 0 Å². The second-order valence-corrected chi connectivity index (χ2v) is 7.87. The Balaban J connectivity index is 1.77. The van der Waals surface area contributed by atoms with Gasteiger partial charge in [0.05, 0.1) is 17.1 Å². The van der Waals surface area contributed by atoms with Crippen LogP contribution >= 0.6 is 12.2 Å². The summed E-state index contributed by atoms with van der Waals surface area (Å²) in [5.41, 5.74) is -0.0451. The number of para-hydroxylation sites is 1. The summed E-state index contributed by atoms with van der Waals surface area (Å²) >= 11 is 5.00. The SMILES string of the molecule is Cn1c(CNC(=O)c2cccc(S(=O)(=O)Nc3ccccc3F)c2)n[nH]c1=S. The average Bonchev–Trinajstić information content (AvgIpc) is 3.00. The lowest BCUT2D eigenvalue weighted by molar-refractivity contribution is 0.0949. The molecule has 0 saturated heterocycles. The first-order chi connectivity index (χ1) is 13.3. The Bertz CT molecular complexity index is 1190. The lowest BCUT2D eigenvalue weighted by Gasteiger charge is -2.10. The monoisotopic (exact) mass is 421 g/mol. The summed E-state index contributed by atoms with van der Waals surface area (Å²) in [4.78, 5) is 12.2. The Kier molecular flexibility index (Phi) is 5.56. The van der Waals surface area contributed by atoms with Crippen molar-refractivity contribution in [3.8, 4) is 0 Å². The fourth-order valence-electron chi connectivity index (χ4n) is 2.35. The van der Waals surface area contributed by atoms with E-state index in [4.69, 9.17) is 12.2 Å². The molecule has 3 aromatic rings. The zero-order chi connectivity index (χ0) is 20.3. The highest BCUT2D eigenvalue weighted by atomic mass is 32.2. The van der Waals surface area contributed by atoms with E-state index >= 15 is 0 Å². The van der Waals surface area contributed by atoms with Gasteiger partial charge >= 0.3 is 0 Å². The zero-order valence-corrected chi connectivity index (χ0v) is 16.3. The second-order valence-electron chi connectivity index (χ2n) is 5.80. The molecular formula is C17H16FN5O3S2. The van der Waals surface area contributed by atoms with Crippen molar-refractivity contribution >= 4 is 33.8 Å². The van der Waals surface area contributed by atoms with E-state index in [2.05, 4.69) is 20.2 Å². The first kappa shape index (κ1) is 19.7. The molecule has 8 nitrogen and oxygen atoms in total. The minimum atomic E-state index is -4.07. The molecule has 0 fully saturated rings.